The number of sulfonamides is 1. The van der Waals surface area contributed by atoms with Crippen molar-refractivity contribution in [3.8, 4) is 17.1 Å². The van der Waals surface area contributed by atoms with Gasteiger partial charge in [0.15, 0.2) is 11.6 Å². The second kappa shape index (κ2) is 9.89. The number of sulfone groups is 1. The number of ether oxygens (including phenoxy) is 1. The Labute approximate surface area is 210 Å². The number of hydrogen-bond acceptors (Lipinski definition) is 7. The molecule has 0 unspecified atom stereocenters. The minimum Gasteiger partial charge on any atom is -0.493 e. The van der Waals surface area contributed by atoms with E-state index in [-0.39, 0.29) is 16.1 Å². The summed E-state index contributed by atoms with van der Waals surface area (Å²) in [5.74, 6) is -1.65. The summed E-state index contributed by atoms with van der Waals surface area (Å²) >= 11 is 0. The Balaban J connectivity index is 1.87. The molecule has 0 fully saturated rings. The Morgan fingerprint density at radius 1 is 1.05 bits per heavy atom. The molecule has 14 heteroatoms. The fraction of sp³-hybridized carbons (Fsp3) is 0.304. The van der Waals surface area contributed by atoms with E-state index in [2.05, 4.69) is 14.7 Å². The predicted octanol–water partition coefficient (Wildman–Crippen LogP) is 4.01. The molecule has 37 heavy (non-hydrogen) atoms. The molecule has 0 saturated carbocycles. The predicted molar refractivity (Wildman–Crippen MR) is 127 cm³/mol. The molecule has 1 aliphatic rings. The summed E-state index contributed by atoms with van der Waals surface area (Å²) in [4.78, 5) is 7.09. The first kappa shape index (κ1) is 26.8. The Kier molecular flexibility index (Phi) is 7.16. The number of nitrogens with one attached hydrogen (secondary N) is 1. The van der Waals surface area contributed by atoms with Gasteiger partial charge in [-0.2, -0.15) is 13.2 Å². The fourth-order valence-electron chi connectivity index (χ4n) is 3.91. The quantitative estimate of drug-likeness (QED) is 0.435. The molecular formula is C23H21F4N3O5S2. The molecule has 0 spiro atoms. The van der Waals surface area contributed by atoms with Crippen molar-refractivity contribution in [3.05, 3.63) is 65.2 Å². The smallest absolute Gasteiger partial charge is 0.417 e. The average Bonchev–Trinajstić information content (AvgIpc) is 2.81. The van der Waals surface area contributed by atoms with E-state index in [1.54, 1.807) is 6.07 Å². The van der Waals surface area contributed by atoms with Crippen molar-refractivity contribution < 1.29 is 39.1 Å². The van der Waals surface area contributed by atoms with E-state index in [0.29, 0.717) is 37.2 Å². The summed E-state index contributed by atoms with van der Waals surface area (Å²) in [5.41, 5.74) is -1.65. The number of nitrogens with zero attached hydrogens (tertiary/aromatic N) is 2. The normalized spacial score (nSPS) is 14.1. The molecule has 2 heterocycles. The Hall–Kier alpha value is -3.26. The van der Waals surface area contributed by atoms with Crippen molar-refractivity contribution in [1.82, 2.24) is 9.97 Å². The molecule has 0 bridgehead atoms. The highest BCUT2D eigenvalue weighted by molar-refractivity contribution is 7.92. The highest BCUT2D eigenvalue weighted by atomic mass is 32.2. The average molecular weight is 560 g/mol. The lowest BCUT2D eigenvalue weighted by Gasteiger charge is -2.21. The molecule has 0 aliphatic carbocycles. The number of halogens is 4. The molecule has 8 nitrogen and oxygen atoms in total. The van der Waals surface area contributed by atoms with Gasteiger partial charge < -0.3 is 4.74 Å². The van der Waals surface area contributed by atoms with E-state index in [9.17, 15) is 34.4 Å². The molecule has 0 atom stereocenters. The molecule has 3 aromatic rings. The largest absolute Gasteiger partial charge is 0.493 e. The molecule has 2 aromatic carbocycles. The standard InChI is InChI=1S/C23H21F4N3O5S2/c1-36(31,32)10-8-17-19(30-37(33,34)16-5-4-14-3-2-9-35-20(14)11-16)7-6-18(23(25,26)27)21(17)22-28-12-15(24)13-29-22/h4-7,11-13,30H,2-3,8-10H2,1H3. The third-order valence-corrected chi connectivity index (χ3v) is 7.94. The highest BCUT2D eigenvalue weighted by Gasteiger charge is 2.37. The van der Waals surface area contributed by atoms with Crippen molar-refractivity contribution in [3.63, 3.8) is 0 Å². The van der Waals surface area contributed by atoms with Gasteiger partial charge in [0, 0.05) is 17.9 Å². The number of fused-ring (bicyclic) bond motifs is 1. The number of aryl methyl sites for hydroxylation is 1. The Morgan fingerprint density at radius 2 is 1.76 bits per heavy atom. The molecule has 1 N–H and O–H groups in total. The van der Waals surface area contributed by atoms with E-state index in [4.69, 9.17) is 4.74 Å². The van der Waals surface area contributed by atoms with Crippen molar-refractivity contribution in [1.29, 1.82) is 0 Å². The molecular weight excluding hydrogens is 538 g/mol. The van der Waals surface area contributed by atoms with E-state index in [1.165, 1.54) is 12.1 Å². The van der Waals surface area contributed by atoms with Crippen LogP contribution in [0.2, 0.25) is 0 Å². The van der Waals surface area contributed by atoms with Crippen LogP contribution >= 0.6 is 0 Å². The zero-order valence-corrected chi connectivity index (χ0v) is 21.0. The van der Waals surface area contributed by atoms with Crippen LogP contribution in [-0.4, -0.2) is 45.4 Å². The zero-order chi connectivity index (χ0) is 27.0. The minimum atomic E-state index is -4.93. The Morgan fingerprint density at radius 3 is 2.41 bits per heavy atom. The summed E-state index contributed by atoms with van der Waals surface area (Å²) in [7, 11) is -8.01. The van der Waals surface area contributed by atoms with E-state index >= 15 is 0 Å². The van der Waals surface area contributed by atoms with Crippen LogP contribution in [0, 0.1) is 5.82 Å². The SMILES string of the molecule is CS(=O)(=O)CCc1c(NS(=O)(=O)c2ccc3c(c2)OCCC3)ccc(C(F)(F)F)c1-c1ncc(F)cn1. The number of alkyl halides is 3. The van der Waals surface area contributed by atoms with Gasteiger partial charge in [0.2, 0.25) is 0 Å². The number of hydrogen-bond donors (Lipinski definition) is 1. The van der Waals surface area contributed by atoms with Gasteiger partial charge in [0.1, 0.15) is 15.6 Å². The summed E-state index contributed by atoms with van der Waals surface area (Å²) in [6, 6.07) is 5.80. The Bertz CT molecular complexity index is 1540. The van der Waals surface area contributed by atoms with E-state index in [1.807, 2.05) is 0 Å². The molecule has 0 saturated heterocycles. The maximum atomic E-state index is 14.0. The van der Waals surface area contributed by atoms with Gasteiger partial charge in [0.25, 0.3) is 10.0 Å². The second-order valence-corrected chi connectivity index (χ2v) is 12.4. The van der Waals surface area contributed by atoms with Gasteiger partial charge >= 0.3 is 6.18 Å². The van der Waals surface area contributed by atoms with Crippen molar-refractivity contribution >= 4 is 25.5 Å². The third kappa shape index (κ3) is 6.18. The topological polar surface area (TPSA) is 115 Å². The lowest BCUT2D eigenvalue weighted by Crippen LogP contribution is -2.19. The van der Waals surface area contributed by atoms with Crippen LogP contribution in [0.1, 0.15) is 23.1 Å². The molecule has 198 valence electrons. The molecule has 4 rings (SSSR count). The zero-order valence-electron chi connectivity index (χ0n) is 19.3. The monoisotopic (exact) mass is 559 g/mol. The first-order chi connectivity index (χ1) is 17.2. The van der Waals surface area contributed by atoms with Crippen molar-refractivity contribution in [2.45, 2.75) is 30.3 Å². The first-order valence-corrected chi connectivity index (χ1v) is 14.5. The summed E-state index contributed by atoms with van der Waals surface area (Å²) in [5, 5.41) is 0. The van der Waals surface area contributed by atoms with E-state index < -0.39 is 61.0 Å². The van der Waals surface area contributed by atoms with Gasteiger partial charge in [-0.05, 0) is 48.6 Å². The summed E-state index contributed by atoms with van der Waals surface area (Å²) in [6.45, 7) is 0.416. The van der Waals surface area contributed by atoms with Crippen LogP contribution in [0.4, 0.5) is 23.2 Å². The minimum absolute atomic E-state index is 0.193. The van der Waals surface area contributed by atoms with Crippen LogP contribution in [-0.2, 0) is 38.9 Å². The lowest BCUT2D eigenvalue weighted by molar-refractivity contribution is -0.137. The molecule has 0 radical (unpaired) electrons. The fourth-order valence-corrected chi connectivity index (χ4v) is 5.60. The molecule has 1 aliphatic heterocycles. The van der Waals surface area contributed by atoms with Crippen molar-refractivity contribution in [2.75, 3.05) is 23.3 Å². The maximum Gasteiger partial charge on any atom is 0.417 e. The number of aromatic nitrogens is 2. The van der Waals surface area contributed by atoms with Crippen LogP contribution in [0.5, 0.6) is 5.75 Å². The summed E-state index contributed by atoms with van der Waals surface area (Å²) in [6.07, 6.45) is -1.73. The van der Waals surface area contributed by atoms with Crippen LogP contribution in [0.15, 0.2) is 47.6 Å². The van der Waals surface area contributed by atoms with Gasteiger partial charge in [-0.3, -0.25) is 4.72 Å². The summed E-state index contributed by atoms with van der Waals surface area (Å²) < 4.78 is 113. The highest BCUT2D eigenvalue weighted by Crippen LogP contribution is 2.41. The third-order valence-electron chi connectivity index (χ3n) is 5.63. The van der Waals surface area contributed by atoms with Gasteiger partial charge in [0.05, 0.1) is 40.9 Å². The van der Waals surface area contributed by atoms with E-state index in [0.717, 1.165) is 24.3 Å². The lowest BCUT2D eigenvalue weighted by atomic mass is 9.96. The maximum absolute atomic E-state index is 14.0. The number of anilines is 1. The molecule has 0 amide bonds. The number of rotatable bonds is 7. The van der Waals surface area contributed by atoms with Gasteiger partial charge in [-0.1, -0.05) is 6.07 Å². The van der Waals surface area contributed by atoms with Crippen LogP contribution in [0.25, 0.3) is 11.4 Å². The van der Waals surface area contributed by atoms with Gasteiger partial charge in [-0.25, -0.2) is 31.2 Å². The second-order valence-electron chi connectivity index (χ2n) is 8.44. The number of benzene rings is 2. The van der Waals surface area contributed by atoms with Crippen LogP contribution < -0.4 is 9.46 Å². The molecule has 1 aromatic heterocycles. The van der Waals surface area contributed by atoms with Crippen molar-refractivity contribution in [2.24, 2.45) is 0 Å². The van der Waals surface area contributed by atoms with Gasteiger partial charge in [-0.15, -0.1) is 0 Å². The van der Waals surface area contributed by atoms with Crippen LogP contribution in [0.3, 0.4) is 0 Å². The first-order valence-electron chi connectivity index (χ1n) is 10.9.